The highest BCUT2D eigenvalue weighted by atomic mass is 35.5. The zero-order valence-corrected chi connectivity index (χ0v) is 17.6. The summed E-state index contributed by atoms with van der Waals surface area (Å²) >= 11 is 6.35. The Labute approximate surface area is 174 Å². The first-order chi connectivity index (χ1) is 13.9. The Balaban J connectivity index is 1.89. The molecule has 7 heteroatoms. The monoisotopic (exact) mass is 407 g/mol. The third-order valence-corrected chi connectivity index (χ3v) is 5.04. The van der Waals surface area contributed by atoms with E-state index in [0.717, 1.165) is 28.4 Å². The number of rotatable bonds is 4. The zero-order chi connectivity index (χ0) is 20.6. The molecule has 0 fully saturated rings. The van der Waals surface area contributed by atoms with Crippen LogP contribution in [0.1, 0.15) is 32.2 Å². The van der Waals surface area contributed by atoms with Crippen molar-refractivity contribution in [3.05, 3.63) is 64.9 Å². The number of hydrogen-bond acceptors (Lipinski definition) is 5. The van der Waals surface area contributed by atoms with Gasteiger partial charge in [0.1, 0.15) is 17.3 Å². The molecule has 0 unspecified atom stereocenters. The predicted molar refractivity (Wildman–Crippen MR) is 114 cm³/mol. The van der Waals surface area contributed by atoms with Gasteiger partial charge in [0.15, 0.2) is 11.2 Å². The number of halogens is 1. The summed E-state index contributed by atoms with van der Waals surface area (Å²) in [6.07, 6.45) is 0. The number of hydrogen-bond donors (Lipinski definition) is 0. The summed E-state index contributed by atoms with van der Waals surface area (Å²) in [6, 6.07) is 15.5. The Hall–Kier alpha value is -2.99. The SMILES string of the molecule is COc1ccc(-c2nc(C(C)(C)C)nc3c2nnn3Cc2ccccc2Cl)cc1. The van der Waals surface area contributed by atoms with E-state index in [1.807, 2.05) is 48.5 Å². The topological polar surface area (TPSA) is 65.7 Å². The van der Waals surface area contributed by atoms with E-state index in [0.29, 0.717) is 22.7 Å². The number of fused-ring (bicyclic) bond motifs is 1. The van der Waals surface area contributed by atoms with Gasteiger partial charge in [-0.3, -0.25) is 0 Å². The van der Waals surface area contributed by atoms with E-state index in [4.69, 9.17) is 26.3 Å². The summed E-state index contributed by atoms with van der Waals surface area (Å²) in [6.45, 7) is 6.76. The zero-order valence-electron chi connectivity index (χ0n) is 16.8. The van der Waals surface area contributed by atoms with Gasteiger partial charge in [-0.1, -0.05) is 55.8 Å². The molecule has 2 heterocycles. The maximum absolute atomic E-state index is 6.35. The highest BCUT2D eigenvalue weighted by Gasteiger charge is 2.23. The lowest BCUT2D eigenvalue weighted by Gasteiger charge is -2.18. The van der Waals surface area contributed by atoms with Crippen LogP contribution in [-0.2, 0) is 12.0 Å². The minimum Gasteiger partial charge on any atom is -0.497 e. The first-order valence-electron chi connectivity index (χ1n) is 9.36. The van der Waals surface area contributed by atoms with E-state index in [9.17, 15) is 0 Å². The van der Waals surface area contributed by atoms with Gasteiger partial charge in [0.05, 0.1) is 13.7 Å². The van der Waals surface area contributed by atoms with Crippen LogP contribution in [0.25, 0.3) is 22.4 Å². The number of ether oxygens (including phenoxy) is 1. The van der Waals surface area contributed by atoms with Crippen LogP contribution in [-0.4, -0.2) is 32.1 Å². The molecule has 0 radical (unpaired) electrons. The van der Waals surface area contributed by atoms with Crippen LogP contribution in [0.2, 0.25) is 5.02 Å². The molecule has 0 saturated carbocycles. The van der Waals surface area contributed by atoms with Crippen LogP contribution < -0.4 is 4.74 Å². The van der Waals surface area contributed by atoms with Crippen molar-refractivity contribution in [3.8, 4) is 17.0 Å². The fourth-order valence-corrected chi connectivity index (χ4v) is 3.23. The Bertz CT molecular complexity index is 1160. The van der Waals surface area contributed by atoms with Crippen molar-refractivity contribution < 1.29 is 4.74 Å². The number of benzene rings is 2. The van der Waals surface area contributed by atoms with Gasteiger partial charge in [0, 0.05) is 16.0 Å². The summed E-state index contributed by atoms with van der Waals surface area (Å²) in [4.78, 5) is 9.65. The molecule has 4 rings (SSSR count). The van der Waals surface area contributed by atoms with Gasteiger partial charge < -0.3 is 4.74 Å². The maximum atomic E-state index is 6.35. The molecule has 148 valence electrons. The van der Waals surface area contributed by atoms with Crippen molar-refractivity contribution in [2.24, 2.45) is 0 Å². The van der Waals surface area contributed by atoms with Crippen LogP contribution in [0, 0.1) is 0 Å². The standard InChI is InChI=1S/C22H22ClN5O/c1-22(2,3)21-24-18(14-9-11-16(29-4)12-10-14)19-20(25-21)28(27-26-19)13-15-7-5-6-8-17(15)23/h5-12H,13H2,1-4H3. The average Bonchev–Trinajstić information content (AvgIpc) is 3.11. The summed E-state index contributed by atoms with van der Waals surface area (Å²) in [5, 5.41) is 9.45. The first kappa shape index (κ1) is 19.3. The van der Waals surface area contributed by atoms with Crippen molar-refractivity contribution in [3.63, 3.8) is 0 Å². The summed E-state index contributed by atoms with van der Waals surface area (Å²) in [5.74, 6) is 1.52. The van der Waals surface area contributed by atoms with Crippen molar-refractivity contribution in [2.75, 3.05) is 7.11 Å². The molecule has 0 atom stereocenters. The van der Waals surface area contributed by atoms with E-state index in [-0.39, 0.29) is 5.41 Å². The lowest BCUT2D eigenvalue weighted by molar-refractivity contribution is 0.415. The first-order valence-corrected chi connectivity index (χ1v) is 9.74. The third-order valence-electron chi connectivity index (χ3n) is 4.68. The van der Waals surface area contributed by atoms with Gasteiger partial charge >= 0.3 is 0 Å². The molecule has 0 N–H and O–H groups in total. The summed E-state index contributed by atoms with van der Waals surface area (Å²) in [7, 11) is 1.65. The molecule has 0 bridgehead atoms. The lowest BCUT2D eigenvalue weighted by Crippen LogP contribution is -2.17. The third kappa shape index (κ3) is 3.80. The Morgan fingerprint density at radius 3 is 2.38 bits per heavy atom. The predicted octanol–water partition coefficient (Wildman–Crippen LogP) is 4.90. The Morgan fingerprint density at radius 1 is 1.00 bits per heavy atom. The smallest absolute Gasteiger partial charge is 0.182 e. The molecule has 0 aliphatic heterocycles. The van der Waals surface area contributed by atoms with Gasteiger partial charge in [0.2, 0.25) is 0 Å². The number of aromatic nitrogens is 5. The van der Waals surface area contributed by atoms with Crippen LogP contribution in [0.4, 0.5) is 0 Å². The molecular formula is C22H22ClN5O. The lowest BCUT2D eigenvalue weighted by atomic mass is 9.95. The summed E-state index contributed by atoms with van der Waals surface area (Å²) in [5.41, 5.74) is 3.78. The van der Waals surface area contributed by atoms with E-state index >= 15 is 0 Å². The fourth-order valence-electron chi connectivity index (χ4n) is 3.04. The fraction of sp³-hybridized carbons (Fsp3) is 0.273. The van der Waals surface area contributed by atoms with Crippen LogP contribution in [0.5, 0.6) is 5.75 Å². The van der Waals surface area contributed by atoms with Crippen molar-refractivity contribution >= 4 is 22.8 Å². The van der Waals surface area contributed by atoms with E-state index in [1.54, 1.807) is 11.8 Å². The van der Waals surface area contributed by atoms with Crippen molar-refractivity contribution in [1.29, 1.82) is 0 Å². The van der Waals surface area contributed by atoms with Gasteiger partial charge in [-0.05, 0) is 35.9 Å². The van der Waals surface area contributed by atoms with Gasteiger partial charge in [-0.25, -0.2) is 14.6 Å². The minimum atomic E-state index is -0.227. The molecule has 0 amide bonds. The minimum absolute atomic E-state index is 0.227. The molecule has 6 nitrogen and oxygen atoms in total. The molecule has 0 aliphatic rings. The van der Waals surface area contributed by atoms with Crippen LogP contribution in [0.3, 0.4) is 0 Å². The Kier molecular flexibility index (Phi) is 4.96. The molecule has 0 spiro atoms. The van der Waals surface area contributed by atoms with Crippen molar-refractivity contribution in [2.45, 2.75) is 32.7 Å². The maximum Gasteiger partial charge on any atom is 0.182 e. The molecule has 0 saturated heterocycles. The normalized spacial score (nSPS) is 11.8. The molecule has 0 aliphatic carbocycles. The molecule has 4 aromatic rings. The second-order valence-corrected chi connectivity index (χ2v) is 8.29. The molecular weight excluding hydrogens is 386 g/mol. The number of methoxy groups -OCH3 is 1. The molecule has 2 aromatic carbocycles. The van der Waals surface area contributed by atoms with Crippen LogP contribution in [0.15, 0.2) is 48.5 Å². The quantitative estimate of drug-likeness (QED) is 0.481. The van der Waals surface area contributed by atoms with Crippen molar-refractivity contribution in [1.82, 2.24) is 25.0 Å². The Morgan fingerprint density at radius 2 is 1.72 bits per heavy atom. The van der Waals surface area contributed by atoms with E-state index < -0.39 is 0 Å². The highest BCUT2D eigenvalue weighted by Crippen LogP contribution is 2.30. The molecule has 2 aromatic heterocycles. The second kappa shape index (κ2) is 7.44. The van der Waals surface area contributed by atoms with Gasteiger partial charge in [-0.2, -0.15) is 0 Å². The van der Waals surface area contributed by atoms with E-state index in [1.165, 1.54) is 0 Å². The molecule has 29 heavy (non-hydrogen) atoms. The van der Waals surface area contributed by atoms with Gasteiger partial charge in [0.25, 0.3) is 0 Å². The largest absolute Gasteiger partial charge is 0.497 e. The summed E-state index contributed by atoms with van der Waals surface area (Å²) < 4.78 is 7.05. The highest BCUT2D eigenvalue weighted by molar-refractivity contribution is 6.31. The number of nitrogens with zero attached hydrogens (tertiary/aromatic N) is 5. The van der Waals surface area contributed by atoms with Gasteiger partial charge in [-0.15, -0.1) is 5.10 Å². The van der Waals surface area contributed by atoms with Crippen LogP contribution >= 0.6 is 11.6 Å². The average molecular weight is 408 g/mol. The second-order valence-electron chi connectivity index (χ2n) is 7.89. The van der Waals surface area contributed by atoms with E-state index in [2.05, 4.69) is 31.1 Å².